The predicted molar refractivity (Wildman–Crippen MR) is 70.2 cm³/mol. The van der Waals surface area contributed by atoms with E-state index in [4.69, 9.17) is 4.74 Å². The highest BCUT2D eigenvalue weighted by Gasteiger charge is 2.36. The normalized spacial score (nSPS) is 20.1. The van der Waals surface area contributed by atoms with E-state index in [1.807, 2.05) is 0 Å². The van der Waals surface area contributed by atoms with Crippen molar-refractivity contribution in [1.29, 1.82) is 0 Å². The summed E-state index contributed by atoms with van der Waals surface area (Å²) in [6.45, 7) is 0.840. The Bertz CT molecular complexity index is 419. The maximum absolute atomic E-state index is 14.1. The van der Waals surface area contributed by atoms with Gasteiger partial charge in [0.2, 0.25) is 0 Å². The summed E-state index contributed by atoms with van der Waals surface area (Å²) in [6, 6.07) is 4.35. The van der Waals surface area contributed by atoms with Crippen molar-refractivity contribution in [2.24, 2.45) is 0 Å². The standard InChI is InChI=1S/C13H16BrF2NO/c1-18-12-5-4-9(7-11(12)14)13(15,16)8-10-3-2-6-17-10/h4-5,7,10,17H,2-3,6,8H2,1H3. The van der Waals surface area contributed by atoms with Crippen LogP contribution in [0.4, 0.5) is 8.78 Å². The number of methoxy groups -OCH3 is 1. The maximum Gasteiger partial charge on any atom is 0.274 e. The molecule has 0 saturated carbocycles. The summed E-state index contributed by atoms with van der Waals surface area (Å²) < 4.78 is 33.8. The van der Waals surface area contributed by atoms with E-state index in [0.717, 1.165) is 19.4 Å². The molecule has 0 aromatic heterocycles. The number of hydrogen-bond donors (Lipinski definition) is 1. The summed E-state index contributed by atoms with van der Waals surface area (Å²) in [6.07, 6.45) is 1.66. The quantitative estimate of drug-likeness (QED) is 0.913. The van der Waals surface area contributed by atoms with Gasteiger partial charge >= 0.3 is 0 Å². The largest absolute Gasteiger partial charge is 0.496 e. The van der Waals surface area contributed by atoms with E-state index >= 15 is 0 Å². The average Bonchev–Trinajstić information content (AvgIpc) is 2.81. The highest BCUT2D eigenvalue weighted by atomic mass is 79.9. The van der Waals surface area contributed by atoms with Gasteiger partial charge in [0, 0.05) is 18.0 Å². The molecule has 0 spiro atoms. The molecule has 0 aliphatic carbocycles. The first kappa shape index (κ1) is 13.7. The lowest BCUT2D eigenvalue weighted by Crippen LogP contribution is -2.29. The zero-order chi connectivity index (χ0) is 13.2. The van der Waals surface area contributed by atoms with Gasteiger partial charge in [-0.05, 0) is 53.5 Å². The lowest BCUT2D eigenvalue weighted by molar-refractivity contribution is -0.0214. The first-order valence-electron chi connectivity index (χ1n) is 5.98. The monoisotopic (exact) mass is 319 g/mol. The Morgan fingerprint density at radius 1 is 1.50 bits per heavy atom. The molecule has 1 aromatic rings. The van der Waals surface area contributed by atoms with Crippen LogP contribution in [0.2, 0.25) is 0 Å². The van der Waals surface area contributed by atoms with Crippen molar-refractivity contribution in [3.05, 3.63) is 28.2 Å². The zero-order valence-electron chi connectivity index (χ0n) is 10.2. The molecule has 1 N–H and O–H groups in total. The van der Waals surface area contributed by atoms with Crippen LogP contribution in [0.1, 0.15) is 24.8 Å². The molecule has 1 fully saturated rings. The number of halogens is 3. The molecule has 0 radical (unpaired) electrons. The summed E-state index contributed by atoms with van der Waals surface area (Å²) in [5, 5.41) is 3.10. The Balaban J connectivity index is 2.15. The number of alkyl halides is 2. The van der Waals surface area contributed by atoms with Crippen LogP contribution in [0.3, 0.4) is 0 Å². The van der Waals surface area contributed by atoms with E-state index in [2.05, 4.69) is 21.2 Å². The van der Waals surface area contributed by atoms with Gasteiger partial charge in [0.05, 0.1) is 11.6 Å². The van der Waals surface area contributed by atoms with E-state index in [0.29, 0.717) is 10.2 Å². The Morgan fingerprint density at radius 3 is 2.83 bits per heavy atom. The second-order valence-corrected chi connectivity index (χ2v) is 5.41. The number of nitrogens with one attached hydrogen (secondary N) is 1. The molecule has 1 atom stereocenters. The van der Waals surface area contributed by atoms with Gasteiger partial charge in [-0.2, -0.15) is 0 Å². The van der Waals surface area contributed by atoms with Crippen LogP contribution in [0.25, 0.3) is 0 Å². The second kappa shape index (κ2) is 5.53. The van der Waals surface area contributed by atoms with Gasteiger partial charge in [-0.3, -0.25) is 0 Å². The molecule has 0 amide bonds. The summed E-state index contributed by atoms with van der Waals surface area (Å²) in [5.41, 5.74) is 0.0314. The van der Waals surface area contributed by atoms with Crippen molar-refractivity contribution in [3.63, 3.8) is 0 Å². The van der Waals surface area contributed by atoms with E-state index in [9.17, 15) is 8.78 Å². The topological polar surface area (TPSA) is 21.3 Å². The number of hydrogen-bond acceptors (Lipinski definition) is 2. The molecular weight excluding hydrogens is 304 g/mol. The number of ether oxygens (including phenoxy) is 1. The molecule has 18 heavy (non-hydrogen) atoms. The molecule has 1 unspecified atom stereocenters. The second-order valence-electron chi connectivity index (χ2n) is 4.55. The summed E-state index contributed by atoms with van der Waals surface area (Å²) in [7, 11) is 1.51. The fourth-order valence-electron chi connectivity index (χ4n) is 2.25. The van der Waals surface area contributed by atoms with Crippen LogP contribution in [0.5, 0.6) is 5.75 Å². The van der Waals surface area contributed by atoms with Crippen LogP contribution in [-0.2, 0) is 5.92 Å². The molecule has 0 bridgehead atoms. The van der Waals surface area contributed by atoms with Crippen molar-refractivity contribution in [2.75, 3.05) is 13.7 Å². The highest BCUT2D eigenvalue weighted by molar-refractivity contribution is 9.10. The van der Waals surface area contributed by atoms with Gasteiger partial charge in [-0.1, -0.05) is 0 Å². The van der Waals surface area contributed by atoms with Crippen LogP contribution in [0, 0.1) is 0 Å². The summed E-state index contributed by atoms with van der Waals surface area (Å²) in [5.74, 6) is -2.25. The molecule has 1 aliphatic heterocycles. The maximum atomic E-state index is 14.1. The SMILES string of the molecule is COc1ccc(C(F)(F)CC2CCCN2)cc1Br. The van der Waals surface area contributed by atoms with Crippen molar-refractivity contribution in [2.45, 2.75) is 31.2 Å². The number of benzene rings is 1. The minimum atomic E-state index is -2.81. The van der Waals surface area contributed by atoms with E-state index < -0.39 is 5.92 Å². The molecule has 1 aliphatic rings. The molecule has 1 aromatic carbocycles. The molecular formula is C13H16BrF2NO. The van der Waals surface area contributed by atoms with E-state index in [1.54, 1.807) is 6.07 Å². The lowest BCUT2D eigenvalue weighted by atomic mass is 10.00. The van der Waals surface area contributed by atoms with Gasteiger partial charge in [-0.15, -0.1) is 0 Å². The Labute approximate surface area is 114 Å². The zero-order valence-corrected chi connectivity index (χ0v) is 11.8. The minimum absolute atomic E-state index is 0.0314. The van der Waals surface area contributed by atoms with E-state index in [1.165, 1.54) is 19.2 Å². The van der Waals surface area contributed by atoms with Gasteiger partial charge in [0.1, 0.15) is 5.75 Å². The van der Waals surface area contributed by atoms with Crippen molar-refractivity contribution in [3.8, 4) is 5.75 Å². The molecule has 1 heterocycles. The third kappa shape index (κ3) is 3.01. The number of rotatable bonds is 4. The Hall–Kier alpha value is -0.680. The molecule has 100 valence electrons. The van der Waals surface area contributed by atoms with Crippen molar-refractivity contribution >= 4 is 15.9 Å². The van der Waals surface area contributed by atoms with Crippen LogP contribution in [0.15, 0.2) is 22.7 Å². The first-order valence-corrected chi connectivity index (χ1v) is 6.77. The van der Waals surface area contributed by atoms with Gasteiger partial charge in [-0.25, -0.2) is 8.78 Å². The van der Waals surface area contributed by atoms with Gasteiger partial charge in [0.25, 0.3) is 5.92 Å². The predicted octanol–water partition coefficient (Wildman–Crippen LogP) is 3.69. The first-order chi connectivity index (χ1) is 8.53. The molecule has 2 nitrogen and oxygen atoms in total. The van der Waals surface area contributed by atoms with Crippen LogP contribution in [-0.4, -0.2) is 19.7 Å². The Kier molecular flexibility index (Phi) is 4.22. The fourth-order valence-corrected chi connectivity index (χ4v) is 2.79. The van der Waals surface area contributed by atoms with Gasteiger partial charge < -0.3 is 10.1 Å². The van der Waals surface area contributed by atoms with Crippen molar-refractivity contribution < 1.29 is 13.5 Å². The van der Waals surface area contributed by atoms with Gasteiger partial charge in [0.15, 0.2) is 0 Å². The average molecular weight is 320 g/mol. The Morgan fingerprint density at radius 2 is 2.28 bits per heavy atom. The van der Waals surface area contributed by atoms with Crippen LogP contribution >= 0.6 is 15.9 Å². The fraction of sp³-hybridized carbons (Fsp3) is 0.538. The van der Waals surface area contributed by atoms with E-state index in [-0.39, 0.29) is 18.0 Å². The molecule has 5 heteroatoms. The smallest absolute Gasteiger partial charge is 0.274 e. The van der Waals surface area contributed by atoms with Crippen molar-refractivity contribution in [1.82, 2.24) is 5.32 Å². The molecule has 2 rings (SSSR count). The summed E-state index contributed by atoms with van der Waals surface area (Å²) >= 11 is 3.24. The summed E-state index contributed by atoms with van der Waals surface area (Å²) in [4.78, 5) is 0. The molecule has 1 saturated heterocycles. The van der Waals surface area contributed by atoms with Crippen LogP contribution < -0.4 is 10.1 Å². The third-order valence-corrected chi connectivity index (χ3v) is 3.86. The lowest BCUT2D eigenvalue weighted by Gasteiger charge is -2.21. The highest BCUT2D eigenvalue weighted by Crippen LogP contribution is 2.37. The minimum Gasteiger partial charge on any atom is -0.496 e. The third-order valence-electron chi connectivity index (χ3n) is 3.24.